The predicted molar refractivity (Wildman–Crippen MR) is 180 cm³/mol. The molecule has 11 nitrogen and oxygen atoms in total. The van der Waals surface area contributed by atoms with Crippen molar-refractivity contribution in [2.24, 2.45) is 11.8 Å². The highest BCUT2D eigenvalue weighted by Crippen LogP contribution is 2.55. The van der Waals surface area contributed by atoms with E-state index in [-0.39, 0.29) is 31.3 Å². The van der Waals surface area contributed by atoms with Gasteiger partial charge in [-0.2, -0.15) is 0 Å². The van der Waals surface area contributed by atoms with Gasteiger partial charge in [-0.15, -0.1) is 0 Å². The molecule has 0 radical (unpaired) electrons. The Balaban J connectivity index is 1.46. The number of hydrogen-bond donors (Lipinski definition) is 2. The minimum Gasteiger partial charge on any atom is -0.460 e. The van der Waals surface area contributed by atoms with E-state index >= 15 is 0 Å². The summed E-state index contributed by atoms with van der Waals surface area (Å²) in [6.07, 6.45) is 6.20. The van der Waals surface area contributed by atoms with Crippen LogP contribution in [0.5, 0.6) is 0 Å². The number of likely N-dealkylation sites (tertiary alicyclic amines) is 1. The van der Waals surface area contributed by atoms with Gasteiger partial charge in [0, 0.05) is 37.4 Å². The van der Waals surface area contributed by atoms with E-state index in [1.165, 1.54) is 4.90 Å². The minimum atomic E-state index is -1.53. The van der Waals surface area contributed by atoms with Crippen LogP contribution in [-0.2, 0) is 28.7 Å². The average molecular weight is 657 g/mol. The Morgan fingerprint density at radius 3 is 2.42 bits per heavy atom. The molecular weight excluding hydrogens is 612 g/mol. The monoisotopic (exact) mass is 656 g/mol. The van der Waals surface area contributed by atoms with Crippen LogP contribution in [-0.4, -0.2) is 90.3 Å². The first-order valence-electron chi connectivity index (χ1n) is 16.9. The number of nitrogens with zero attached hydrogens (tertiary/aromatic N) is 3. The molecule has 0 aromatic heterocycles. The van der Waals surface area contributed by atoms with Gasteiger partial charge in [-0.3, -0.25) is 19.2 Å². The lowest BCUT2D eigenvalue weighted by molar-refractivity contribution is -0.159. The quantitative estimate of drug-likeness (QED) is 0.344. The summed E-state index contributed by atoms with van der Waals surface area (Å²) in [6, 6.07) is 14.8. The highest BCUT2D eigenvalue weighted by atomic mass is 16.6. The van der Waals surface area contributed by atoms with E-state index < -0.39 is 60.2 Å². The second kappa shape index (κ2) is 13.9. The number of benzene rings is 2. The van der Waals surface area contributed by atoms with Crippen molar-refractivity contribution in [3.63, 3.8) is 0 Å². The molecule has 3 amide bonds. The third kappa shape index (κ3) is 5.90. The largest absolute Gasteiger partial charge is 0.460 e. The number of carbonyl (C=O) groups is 4. The van der Waals surface area contributed by atoms with E-state index in [0.717, 1.165) is 18.8 Å². The van der Waals surface area contributed by atoms with E-state index in [0.29, 0.717) is 17.7 Å². The Bertz CT molecular complexity index is 1570. The van der Waals surface area contributed by atoms with Gasteiger partial charge < -0.3 is 34.6 Å². The van der Waals surface area contributed by atoms with Crippen molar-refractivity contribution in [2.45, 2.75) is 63.5 Å². The van der Waals surface area contributed by atoms with Gasteiger partial charge in [0.1, 0.15) is 23.7 Å². The summed E-state index contributed by atoms with van der Waals surface area (Å²) >= 11 is 0. The van der Waals surface area contributed by atoms with Crippen molar-refractivity contribution in [1.82, 2.24) is 10.2 Å². The number of hydrogen-bond acceptors (Lipinski definition) is 8. The predicted octanol–water partition coefficient (Wildman–Crippen LogP) is 3.15. The summed E-state index contributed by atoms with van der Waals surface area (Å²) in [5, 5.41) is 13.6. The van der Waals surface area contributed by atoms with E-state index in [2.05, 4.69) is 24.1 Å². The fraction of sp³-hybridized carbons (Fsp3) is 0.459. The maximum atomic E-state index is 15.0. The number of esters is 1. The molecule has 4 aliphatic rings. The Morgan fingerprint density at radius 1 is 1.00 bits per heavy atom. The number of aliphatic hydroxyl groups is 1. The molecular formula is C37H44N4O7. The summed E-state index contributed by atoms with van der Waals surface area (Å²) in [5.74, 6) is -3.81. The third-order valence-corrected chi connectivity index (χ3v) is 9.95. The Hall–Kier alpha value is -4.48. The van der Waals surface area contributed by atoms with Crippen LogP contribution in [0, 0.1) is 11.8 Å². The van der Waals surface area contributed by atoms with Gasteiger partial charge in [-0.25, -0.2) is 0 Å². The molecule has 4 heterocycles. The number of fused-ring (bicyclic) bond motifs is 2. The number of aliphatic hydroxyl groups excluding tert-OH is 1. The second-order valence-electron chi connectivity index (χ2n) is 12.8. The molecule has 254 valence electrons. The molecule has 0 saturated carbocycles. The first kappa shape index (κ1) is 33.4. The molecule has 2 fully saturated rings. The number of amides is 3. The highest BCUT2D eigenvalue weighted by molar-refractivity contribution is 6.05. The zero-order chi connectivity index (χ0) is 34.0. The molecule has 11 heteroatoms. The van der Waals surface area contributed by atoms with Gasteiger partial charge in [0.2, 0.25) is 11.8 Å². The summed E-state index contributed by atoms with van der Waals surface area (Å²) < 4.78 is 12.6. The second-order valence-corrected chi connectivity index (χ2v) is 12.8. The Kier molecular flexibility index (Phi) is 9.70. The maximum Gasteiger partial charge on any atom is 0.313 e. The van der Waals surface area contributed by atoms with Crippen molar-refractivity contribution < 1.29 is 33.8 Å². The highest BCUT2D eigenvalue weighted by Gasteiger charge is 2.72. The third-order valence-electron chi connectivity index (χ3n) is 9.95. The molecule has 0 bridgehead atoms. The molecule has 2 saturated heterocycles. The zero-order valence-corrected chi connectivity index (χ0v) is 27.7. The summed E-state index contributed by atoms with van der Waals surface area (Å²) in [7, 11) is 0. The molecule has 0 unspecified atom stereocenters. The number of carbonyl (C=O) groups excluding carboxylic acids is 4. The lowest BCUT2D eigenvalue weighted by Crippen LogP contribution is -2.56. The lowest BCUT2D eigenvalue weighted by Gasteiger charge is -2.38. The Morgan fingerprint density at radius 2 is 1.73 bits per heavy atom. The zero-order valence-electron chi connectivity index (χ0n) is 27.7. The lowest BCUT2D eigenvalue weighted by atomic mass is 9.78. The number of cyclic esters (lactones) is 1. The topological polar surface area (TPSA) is 129 Å². The molecule has 0 aliphatic carbocycles. The van der Waals surface area contributed by atoms with E-state index in [1.807, 2.05) is 60.7 Å². The molecule has 7 atom stereocenters. The van der Waals surface area contributed by atoms with Crippen LogP contribution in [0.1, 0.15) is 45.2 Å². The van der Waals surface area contributed by atoms with Crippen molar-refractivity contribution in [3.8, 4) is 0 Å². The summed E-state index contributed by atoms with van der Waals surface area (Å²) in [5.41, 5.74) is 0.818. The number of nitrogens with one attached hydrogen (secondary N) is 1. The van der Waals surface area contributed by atoms with Crippen molar-refractivity contribution in [2.75, 3.05) is 42.6 Å². The van der Waals surface area contributed by atoms with Crippen LogP contribution in [0.25, 0.3) is 0 Å². The van der Waals surface area contributed by atoms with Crippen LogP contribution in [0.3, 0.4) is 0 Å². The Labute approximate surface area is 281 Å². The van der Waals surface area contributed by atoms with E-state index in [4.69, 9.17) is 9.47 Å². The van der Waals surface area contributed by atoms with Crippen LogP contribution < -0.4 is 15.1 Å². The van der Waals surface area contributed by atoms with Crippen molar-refractivity contribution in [1.29, 1.82) is 0 Å². The van der Waals surface area contributed by atoms with Gasteiger partial charge in [-0.05, 0) is 57.0 Å². The molecule has 2 aromatic carbocycles. The molecule has 4 aliphatic heterocycles. The standard InChI is InChI=1S/C37H44N4O7/c1-4-39(5-2)26-16-18-27(19-17-26)40-21-11-20-37-32(31-29(48-37)14-9-10-15-30(43)38-22-24(3)47-36(31)46)34(44)41(33(37)35(40)45)28(23-42)25-12-7-6-8-13-25/h6-9,11-14,16-20,24,28-29,31-33,42H,4-5,10,15,21-23H2,1-3H3,(H,38,43)/b14-9-/t24-,28-,29-,31+,32+,33-,37+/m1/s1. The van der Waals surface area contributed by atoms with Crippen LogP contribution in [0.2, 0.25) is 0 Å². The van der Waals surface area contributed by atoms with Gasteiger partial charge >= 0.3 is 5.97 Å². The van der Waals surface area contributed by atoms with Crippen LogP contribution in [0.4, 0.5) is 11.4 Å². The average Bonchev–Trinajstić information content (AvgIpc) is 3.48. The van der Waals surface area contributed by atoms with Gasteiger partial charge in [0.05, 0.1) is 31.2 Å². The fourth-order valence-electron chi connectivity index (χ4n) is 7.63. The number of allylic oxidation sites excluding steroid dienone is 1. The van der Waals surface area contributed by atoms with Crippen LogP contribution >= 0.6 is 0 Å². The van der Waals surface area contributed by atoms with E-state index in [1.54, 1.807) is 30.1 Å². The molecule has 2 aromatic rings. The SMILES string of the molecule is CCN(CC)c1ccc(N2CC=C[C@]34O[C@@H]5/C=C\CCC(=O)NC[C@@H](C)OC(=O)[C@@H]5[C@H]3C(=O)N([C@H](CO)c3ccccc3)[C@@H]4C2=O)cc1. The normalized spacial score (nSPS) is 30.2. The number of anilines is 2. The number of ether oxygens (including phenoxy) is 2. The van der Waals surface area contributed by atoms with Gasteiger partial charge in [0.25, 0.3) is 5.91 Å². The molecule has 1 spiro atoms. The minimum absolute atomic E-state index is 0.131. The first-order valence-corrected chi connectivity index (χ1v) is 16.9. The van der Waals surface area contributed by atoms with E-state index in [9.17, 15) is 24.3 Å². The summed E-state index contributed by atoms with van der Waals surface area (Å²) in [4.78, 5) is 61.3. The van der Waals surface area contributed by atoms with Crippen molar-refractivity contribution >= 4 is 35.1 Å². The van der Waals surface area contributed by atoms with Crippen molar-refractivity contribution in [3.05, 3.63) is 84.5 Å². The van der Waals surface area contributed by atoms with Crippen LogP contribution in [0.15, 0.2) is 78.9 Å². The van der Waals surface area contributed by atoms with Gasteiger partial charge in [-0.1, -0.05) is 54.6 Å². The molecule has 48 heavy (non-hydrogen) atoms. The maximum absolute atomic E-state index is 15.0. The first-order chi connectivity index (χ1) is 23.2. The number of rotatable bonds is 7. The molecule has 2 N–H and O–H groups in total. The fourth-order valence-corrected chi connectivity index (χ4v) is 7.63. The summed E-state index contributed by atoms with van der Waals surface area (Å²) in [6.45, 7) is 7.44. The smallest absolute Gasteiger partial charge is 0.313 e. The van der Waals surface area contributed by atoms with Gasteiger partial charge in [0.15, 0.2) is 0 Å². The molecule has 6 rings (SSSR count).